The second-order valence-corrected chi connectivity index (χ2v) is 8.55. The van der Waals surface area contributed by atoms with Crippen LogP contribution in [-0.4, -0.2) is 34.5 Å². The molecule has 0 radical (unpaired) electrons. The van der Waals surface area contributed by atoms with E-state index >= 15 is 0 Å². The van der Waals surface area contributed by atoms with Gasteiger partial charge in [-0.1, -0.05) is 61.3 Å². The summed E-state index contributed by atoms with van der Waals surface area (Å²) in [5.41, 5.74) is 3.04. The fraction of sp³-hybridized carbons (Fsp3) is 0.417. The number of rotatable bonds is 7. The summed E-state index contributed by atoms with van der Waals surface area (Å²) < 4.78 is 5.98. The number of aliphatic carboxylic acids is 1. The Hall–Kier alpha value is -2.37. The van der Waals surface area contributed by atoms with E-state index in [0.29, 0.717) is 23.8 Å². The Morgan fingerprint density at radius 1 is 1.10 bits per heavy atom. The number of benzene rings is 2. The van der Waals surface area contributed by atoms with Gasteiger partial charge in [-0.15, -0.1) is 0 Å². The van der Waals surface area contributed by atoms with Gasteiger partial charge in [0.25, 0.3) is 0 Å². The minimum Gasteiger partial charge on any atom is -0.480 e. The van der Waals surface area contributed by atoms with E-state index in [1.54, 1.807) is 12.1 Å². The van der Waals surface area contributed by atoms with E-state index in [1.165, 1.54) is 23.3 Å². The van der Waals surface area contributed by atoms with Gasteiger partial charge in [0, 0.05) is 5.02 Å². The van der Waals surface area contributed by atoms with E-state index in [1.807, 2.05) is 31.2 Å². The first-order valence-corrected chi connectivity index (χ1v) is 10.9. The van der Waals surface area contributed by atoms with Crippen LogP contribution < -0.4 is 0 Å². The molecule has 0 spiro atoms. The molecule has 1 aliphatic heterocycles. The van der Waals surface area contributed by atoms with Crippen molar-refractivity contribution >= 4 is 23.5 Å². The molecule has 0 unspecified atom stereocenters. The Kier molecular flexibility index (Phi) is 6.11. The average Bonchev–Trinajstić information content (AvgIpc) is 3.58. The monoisotopic (exact) mass is 427 g/mol. The summed E-state index contributed by atoms with van der Waals surface area (Å²) in [6.45, 7) is 1.79. The molecule has 2 aliphatic rings. The third-order valence-corrected chi connectivity index (χ3v) is 6.22. The van der Waals surface area contributed by atoms with Gasteiger partial charge in [0.1, 0.15) is 18.8 Å². The summed E-state index contributed by atoms with van der Waals surface area (Å²) in [4.78, 5) is 26.6. The van der Waals surface area contributed by atoms with Crippen molar-refractivity contribution in [3.8, 4) is 0 Å². The minimum absolute atomic E-state index is 0.141. The number of morpholine rings is 1. The van der Waals surface area contributed by atoms with Crippen molar-refractivity contribution in [2.45, 2.75) is 56.7 Å². The molecule has 4 rings (SSSR count). The number of hydrogen-bond acceptors (Lipinski definition) is 3. The molecule has 1 saturated carbocycles. The highest BCUT2D eigenvalue weighted by Crippen LogP contribution is 2.44. The Balaban J connectivity index is 1.77. The highest BCUT2D eigenvalue weighted by atomic mass is 35.5. The molecule has 1 amide bonds. The first kappa shape index (κ1) is 20.9. The highest BCUT2D eigenvalue weighted by Gasteiger charge is 2.44. The van der Waals surface area contributed by atoms with Crippen LogP contribution in [0.4, 0.5) is 0 Å². The van der Waals surface area contributed by atoms with Gasteiger partial charge in [0.15, 0.2) is 0 Å². The van der Waals surface area contributed by atoms with E-state index in [0.717, 1.165) is 11.1 Å². The molecule has 2 aromatic rings. The number of amides is 1. The fourth-order valence-electron chi connectivity index (χ4n) is 4.30. The number of hydrogen-bond donors (Lipinski definition) is 1. The van der Waals surface area contributed by atoms with Crippen LogP contribution >= 0.6 is 11.6 Å². The first-order chi connectivity index (χ1) is 14.5. The fourth-order valence-corrected chi connectivity index (χ4v) is 4.42. The van der Waals surface area contributed by atoms with E-state index in [2.05, 4.69) is 12.1 Å². The summed E-state index contributed by atoms with van der Waals surface area (Å²) in [6, 6.07) is 14.1. The number of ether oxygens (including phenoxy) is 1. The molecular weight excluding hydrogens is 402 g/mol. The zero-order valence-electron chi connectivity index (χ0n) is 17.0. The lowest BCUT2D eigenvalue weighted by Gasteiger charge is -2.44. The second kappa shape index (κ2) is 8.78. The maximum absolute atomic E-state index is 12.9. The average molecular weight is 428 g/mol. The molecule has 2 aromatic carbocycles. The maximum Gasteiger partial charge on any atom is 0.326 e. The molecule has 1 N–H and O–H groups in total. The zero-order chi connectivity index (χ0) is 21.3. The van der Waals surface area contributed by atoms with Crippen molar-refractivity contribution in [3.63, 3.8) is 0 Å². The van der Waals surface area contributed by atoms with Crippen molar-refractivity contribution in [2.75, 3.05) is 6.61 Å². The van der Waals surface area contributed by atoms with Crippen LogP contribution in [0.1, 0.15) is 67.4 Å². The third kappa shape index (κ3) is 4.23. The Morgan fingerprint density at radius 3 is 2.27 bits per heavy atom. The maximum atomic E-state index is 12.9. The molecule has 6 heteroatoms. The highest BCUT2D eigenvalue weighted by molar-refractivity contribution is 6.30. The van der Waals surface area contributed by atoms with E-state index < -0.39 is 24.2 Å². The molecule has 3 atom stereocenters. The van der Waals surface area contributed by atoms with E-state index in [4.69, 9.17) is 16.3 Å². The zero-order valence-corrected chi connectivity index (χ0v) is 17.7. The molecule has 0 bridgehead atoms. The van der Waals surface area contributed by atoms with Gasteiger partial charge in [0.05, 0.1) is 6.04 Å². The quantitative estimate of drug-likeness (QED) is 0.666. The number of carboxylic acid groups (broad SMARTS) is 1. The van der Waals surface area contributed by atoms with Gasteiger partial charge < -0.3 is 14.7 Å². The number of halogens is 1. The molecule has 158 valence electrons. The van der Waals surface area contributed by atoms with Crippen molar-refractivity contribution in [1.82, 2.24) is 4.90 Å². The summed E-state index contributed by atoms with van der Waals surface area (Å²) in [6.07, 6.45) is 3.01. The van der Waals surface area contributed by atoms with Crippen molar-refractivity contribution < 1.29 is 19.4 Å². The number of nitrogens with zero attached hydrogens (tertiary/aromatic N) is 1. The van der Waals surface area contributed by atoms with Gasteiger partial charge >= 0.3 is 5.97 Å². The lowest BCUT2D eigenvalue weighted by Crippen LogP contribution is -2.53. The van der Waals surface area contributed by atoms with Crippen LogP contribution in [0.25, 0.3) is 0 Å². The van der Waals surface area contributed by atoms with Crippen LogP contribution in [-0.2, 0) is 14.3 Å². The number of carbonyl (C=O) groups is 2. The summed E-state index contributed by atoms with van der Waals surface area (Å²) in [7, 11) is 0. The Labute approximate surface area is 181 Å². The normalized spacial score (nSPS) is 22.7. The predicted molar refractivity (Wildman–Crippen MR) is 114 cm³/mol. The SMILES string of the molecule is CCC[C@@H](C(=O)O)N1C(=O)CO[C@H](c2ccc(Cl)cc2)[C@@H]1c1ccc(C2CC2)cc1. The van der Waals surface area contributed by atoms with Crippen LogP contribution in [0, 0.1) is 0 Å². The summed E-state index contributed by atoms with van der Waals surface area (Å²) in [5, 5.41) is 10.5. The molecule has 5 nitrogen and oxygen atoms in total. The molecule has 2 fully saturated rings. The predicted octanol–water partition coefficient (Wildman–Crippen LogP) is 5.11. The van der Waals surface area contributed by atoms with Crippen LogP contribution in [0.2, 0.25) is 5.02 Å². The Morgan fingerprint density at radius 2 is 1.70 bits per heavy atom. The molecule has 0 aromatic heterocycles. The van der Waals surface area contributed by atoms with Crippen LogP contribution in [0.3, 0.4) is 0 Å². The van der Waals surface area contributed by atoms with E-state index in [9.17, 15) is 14.7 Å². The topological polar surface area (TPSA) is 66.8 Å². The lowest BCUT2D eigenvalue weighted by molar-refractivity contribution is -0.171. The van der Waals surface area contributed by atoms with Gasteiger partial charge in [0.2, 0.25) is 5.91 Å². The number of carboxylic acids is 1. The molecule has 1 aliphatic carbocycles. The Bertz CT molecular complexity index is 908. The van der Waals surface area contributed by atoms with Crippen LogP contribution in [0.5, 0.6) is 0 Å². The summed E-state index contributed by atoms with van der Waals surface area (Å²) in [5.74, 6) is -0.655. The second-order valence-electron chi connectivity index (χ2n) is 8.11. The molecular formula is C24H26ClNO4. The standard InChI is InChI=1S/C24H26ClNO4/c1-2-3-20(24(28)29)26-21(27)14-30-23(18-10-12-19(25)13-11-18)22(26)17-8-6-16(7-9-17)15-4-5-15/h6-13,15,20,22-23H,2-5,14H2,1H3,(H,28,29)/t20-,22-,23+/m0/s1. The first-order valence-electron chi connectivity index (χ1n) is 10.5. The van der Waals surface area contributed by atoms with Crippen molar-refractivity contribution in [2.24, 2.45) is 0 Å². The van der Waals surface area contributed by atoms with Crippen LogP contribution in [0.15, 0.2) is 48.5 Å². The summed E-state index contributed by atoms with van der Waals surface area (Å²) >= 11 is 6.06. The molecule has 1 saturated heterocycles. The number of carbonyl (C=O) groups excluding carboxylic acids is 1. The van der Waals surface area contributed by atoms with Gasteiger partial charge in [-0.3, -0.25) is 4.79 Å². The lowest BCUT2D eigenvalue weighted by atomic mass is 9.90. The van der Waals surface area contributed by atoms with Crippen molar-refractivity contribution in [3.05, 3.63) is 70.2 Å². The third-order valence-electron chi connectivity index (χ3n) is 5.97. The van der Waals surface area contributed by atoms with Crippen molar-refractivity contribution in [1.29, 1.82) is 0 Å². The largest absolute Gasteiger partial charge is 0.480 e. The van der Waals surface area contributed by atoms with Gasteiger partial charge in [-0.05, 0) is 54.0 Å². The smallest absolute Gasteiger partial charge is 0.326 e. The minimum atomic E-state index is -0.985. The van der Waals surface area contributed by atoms with E-state index in [-0.39, 0.29) is 12.5 Å². The molecule has 1 heterocycles. The van der Waals surface area contributed by atoms with Gasteiger partial charge in [-0.25, -0.2) is 4.79 Å². The molecule has 30 heavy (non-hydrogen) atoms. The van der Waals surface area contributed by atoms with Gasteiger partial charge in [-0.2, -0.15) is 0 Å².